The van der Waals surface area contributed by atoms with E-state index in [1.165, 1.54) is 6.92 Å². The smallest absolute Gasteiger partial charge is 0.247 e. The van der Waals surface area contributed by atoms with Gasteiger partial charge in [0.1, 0.15) is 0 Å². The van der Waals surface area contributed by atoms with E-state index in [0.29, 0.717) is 23.0 Å². The number of amides is 1. The molecule has 0 unspecified atom stereocenters. The van der Waals surface area contributed by atoms with Gasteiger partial charge in [0.15, 0.2) is 5.78 Å². The first kappa shape index (κ1) is 19.5. The van der Waals surface area contributed by atoms with E-state index in [9.17, 15) is 9.59 Å². The van der Waals surface area contributed by atoms with Crippen molar-refractivity contribution in [1.82, 2.24) is 25.3 Å². The van der Waals surface area contributed by atoms with Crippen molar-refractivity contribution in [2.45, 2.75) is 46.7 Å². The number of rotatable bonds is 7. The van der Waals surface area contributed by atoms with Crippen LogP contribution in [0.1, 0.15) is 53.9 Å². The van der Waals surface area contributed by atoms with Gasteiger partial charge in [0.05, 0.1) is 23.8 Å². The highest BCUT2D eigenvalue weighted by molar-refractivity contribution is 5.96. The zero-order valence-corrected chi connectivity index (χ0v) is 16.4. The second-order valence-electron chi connectivity index (χ2n) is 6.74. The van der Waals surface area contributed by atoms with Crippen molar-refractivity contribution in [2.24, 2.45) is 0 Å². The number of nitrogens with one attached hydrogen (secondary N) is 1. The fourth-order valence-corrected chi connectivity index (χ4v) is 3.23. The summed E-state index contributed by atoms with van der Waals surface area (Å²) in [5, 5.41) is 15.2. The summed E-state index contributed by atoms with van der Waals surface area (Å²) in [6, 6.07) is 9.25. The third-order valence-electron chi connectivity index (χ3n) is 4.50. The number of hydrogen-bond donors (Lipinski definition) is 1. The zero-order chi connectivity index (χ0) is 20.3. The number of benzene rings is 1. The van der Waals surface area contributed by atoms with Crippen LogP contribution in [0.25, 0.3) is 11.5 Å². The Labute approximate surface area is 163 Å². The number of Topliss-reactive ketones (excluding diaryl/α,β-unsaturated/α-hetero) is 1. The van der Waals surface area contributed by atoms with E-state index < -0.39 is 0 Å². The maximum absolute atomic E-state index is 12.3. The molecule has 0 aliphatic carbocycles. The lowest BCUT2D eigenvalue weighted by Crippen LogP contribution is -2.26. The zero-order valence-electron chi connectivity index (χ0n) is 16.4. The van der Waals surface area contributed by atoms with Crippen LogP contribution in [0.4, 0.5) is 0 Å². The summed E-state index contributed by atoms with van der Waals surface area (Å²) in [4.78, 5) is 24.1. The van der Waals surface area contributed by atoms with Gasteiger partial charge in [0.2, 0.25) is 17.7 Å². The van der Waals surface area contributed by atoms with Crippen LogP contribution in [-0.4, -0.2) is 31.7 Å². The number of carbonyl (C=O) groups excluding carboxylic acids is 2. The number of aromatic nitrogens is 4. The van der Waals surface area contributed by atoms with Gasteiger partial charge < -0.3 is 9.73 Å². The van der Waals surface area contributed by atoms with E-state index >= 15 is 0 Å². The second-order valence-corrected chi connectivity index (χ2v) is 6.74. The first-order chi connectivity index (χ1) is 13.4. The van der Waals surface area contributed by atoms with Crippen LogP contribution in [0.15, 0.2) is 34.7 Å². The molecule has 1 amide bonds. The van der Waals surface area contributed by atoms with E-state index in [1.807, 2.05) is 44.2 Å². The van der Waals surface area contributed by atoms with E-state index in [-0.39, 0.29) is 30.7 Å². The molecule has 2 heterocycles. The fraction of sp³-hybridized carbons (Fsp3) is 0.350. The molecule has 0 saturated heterocycles. The van der Waals surface area contributed by atoms with Crippen molar-refractivity contribution in [3.05, 3.63) is 53.2 Å². The lowest BCUT2D eigenvalue weighted by molar-refractivity contribution is -0.122. The van der Waals surface area contributed by atoms with Gasteiger partial charge in [-0.15, -0.1) is 10.2 Å². The SMILES string of the molecule is CC(=O)c1c(C)nn([C@H](C)CC(=O)NCc2nnc(-c3ccccc3)o2)c1C. The summed E-state index contributed by atoms with van der Waals surface area (Å²) < 4.78 is 7.31. The average Bonchev–Trinajstić information content (AvgIpc) is 3.25. The van der Waals surface area contributed by atoms with E-state index in [4.69, 9.17) is 4.42 Å². The summed E-state index contributed by atoms with van der Waals surface area (Å²) in [5.41, 5.74) is 2.89. The van der Waals surface area contributed by atoms with Crippen molar-refractivity contribution >= 4 is 11.7 Å². The fourth-order valence-electron chi connectivity index (χ4n) is 3.23. The van der Waals surface area contributed by atoms with Gasteiger partial charge in [-0.1, -0.05) is 18.2 Å². The molecule has 1 N–H and O–H groups in total. The maximum Gasteiger partial charge on any atom is 0.247 e. The minimum absolute atomic E-state index is 0.0245. The monoisotopic (exact) mass is 381 g/mol. The van der Waals surface area contributed by atoms with Crippen molar-refractivity contribution in [1.29, 1.82) is 0 Å². The van der Waals surface area contributed by atoms with Crippen molar-refractivity contribution in [2.75, 3.05) is 0 Å². The highest BCUT2D eigenvalue weighted by Gasteiger charge is 2.20. The van der Waals surface area contributed by atoms with Crippen molar-refractivity contribution in [3.8, 4) is 11.5 Å². The molecule has 2 aromatic heterocycles. The van der Waals surface area contributed by atoms with Gasteiger partial charge in [-0.2, -0.15) is 5.10 Å². The minimum Gasteiger partial charge on any atom is -0.419 e. The van der Waals surface area contributed by atoms with Gasteiger partial charge in [-0.3, -0.25) is 14.3 Å². The highest BCUT2D eigenvalue weighted by atomic mass is 16.4. The van der Waals surface area contributed by atoms with Crippen LogP contribution in [-0.2, 0) is 11.3 Å². The number of carbonyl (C=O) groups is 2. The quantitative estimate of drug-likeness (QED) is 0.631. The van der Waals surface area contributed by atoms with Crippen molar-refractivity contribution < 1.29 is 14.0 Å². The maximum atomic E-state index is 12.3. The molecule has 0 saturated carbocycles. The second kappa shape index (κ2) is 8.16. The molecule has 0 aliphatic heterocycles. The summed E-state index contributed by atoms with van der Waals surface area (Å²) >= 11 is 0. The molecule has 1 atom stereocenters. The van der Waals surface area contributed by atoms with Gasteiger partial charge in [0, 0.05) is 17.7 Å². The average molecular weight is 381 g/mol. The number of nitrogens with zero attached hydrogens (tertiary/aromatic N) is 4. The third-order valence-corrected chi connectivity index (χ3v) is 4.50. The van der Waals surface area contributed by atoms with Gasteiger partial charge in [0.25, 0.3) is 0 Å². The van der Waals surface area contributed by atoms with E-state index in [0.717, 1.165) is 11.3 Å². The van der Waals surface area contributed by atoms with Crippen LogP contribution in [0.3, 0.4) is 0 Å². The first-order valence-corrected chi connectivity index (χ1v) is 9.08. The predicted octanol–water partition coefficient (Wildman–Crippen LogP) is 3.02. The molecular weight excluding hydrogens is 358 g/mol. The standard InChI is InChI=1S/C20H23N5O3/c1-12(25-14(3)19(15(4)26)13(2)24-25)10-17(27)21-11-18-22-23-20(28-18)16-8-6-5-7-9-16/h5-9,12H,10-11H2,1-4H3,(H,21,27)/t12-/m1/s1. The summed E-state index contributed by atoms with van der Waals surface area (Å²) in [5.74, 6) is 0.565. The molecule has 3 rings (SSSR count). The lowest BCUT2D eigenvalue weighted by Gasteiger charge is -2.14. The highest BCUT2D eigenvalue weighted by Crippen LogP contribution is 2.20. The molecule has 3 aromatic rings. The topological polar surface area (TPSA) is 103 Å². The summed E-state index contributed by atoms with van der Waals surface area (Å²) in [7, 11) is 0. The van der Waals surface area contributed by atoms with Crippen LogP contribution in [0.5, 0.6) is 0 Å². The molecule has 1 aromatic carbocycles. The number of hydrogen-bond acceptors (Lipinski definition) is 6. The Morgan fingerprint density at radius 3 is 2.54 bits per heavy atom. The first-order valence-electron chi connectivity index (χ1n) is 9.08. The lowest BCUT2D eigenvalue weighted by atomic mass is 10.1. The Balaban J connectivity index is 1.58. The van der Waals surface area contributed by atoms with Crippen molar-refractivity contribution in [3.63, 3.8) is 0 Å². The molecule has 0 spiro atoms. The molecule has 0 fully saturated rings. The predicted molar refractivity (Wildman–Crippen MR) is 103 cm³/mol. The summed E-state index contributed by atoms with van der Waals surface area (Å²) in [6.45, 7) is 7.21. The molecule has 8 heteroatoms. The van der Waals surface area contributed by atoms with E-state index in [2.05, 4.69) is 20.6 Å². The molecule has 0 bridgehead atoms. The van der Waals surface area contributed by atoms with Gasteiger partial charge in [-0.25, -0.2) is 0 Å². The Morgan fingerprint density at radius 2 is 1.89 bits per heavy atom. The van der Waals surface area contributed by atoms with E-state index in [1.54, 1.807) is 11.6 Å². The Kier molecular flexibility index (Phi) is 5.67. The Morgan fingerprint density at radius 1 is 1.18 bits per heavy atom. The number of ketones is 1. The Hall–Kier alpha value is -3.29. The third kappa shape index (κ3) is 4.16. The largest absolute Gasteiger partial charge is 0.419 e. The minimum atomic E-state index is -0.186. The van der Waals surface area contributed by atoms with Crippen LogP contribution in [0.2, 0.25) is 0 Å². The van der Waals surface area contributed by atoms with Crippen LogP contribution in [0, 0.1) is 13.8 Å². The molecule has 8 nitrogen and oxygen atoms in total. The molecule has 0 aliphatic rings. The normalized spacial score (nSPS) is 12.0. The van der Waals surface area contributed by atoms with Gasteiger partial charge >= 0.3 is 0 Å². The number of aryl methyl sites for hydroxylation is 1. The van der Waals surface area contributed by atoms with Gasteiger partial charge in [-0.05, 0) is 39.8 Å². The molecule has 28 heavy (non-hydrogen) atoms. The Bertz CT molecular complexity index is 991. The summed E-state index contributed by atoms with van der Waals surface area (Å²) in [6.07, 6.45) is 0.221. The van der Waals surface area contributed by atoms with Crippen LogP contribution < -0.4 is 5.32 Å². The molecule has 146 valence electrons. The van der Waals surface area contributed by atoms with Crippen LogP contribution >= 0.6 is 0 Å². The molecule has 0 radical (unpaired) electrons. The molecular formula is C20H23N5O3.